The third-order valence-corrected chi connectivity index (χ3v) is 3.68. The van der Waals surface area contributed by atoms with Gasteiger partial charge >= 0.3 is 0 Å². The van der Waals surface area contributed by atoms with Crippen molar-refractivity contribution in [2.24, 2.45) is 11.8 Å². The topological polar surface area (TPSA) is 69.2 Å². The summed E-state index contributed by atoms with van der Waals surface area (Å²) in [5.74, 6) is 0.706. The second kappa shape index (κ2) is 5.74. The first-order chi connectivity index (χ1) is 8.97. The van der Waals surface area contributed by atoms with Crippen molar-refractivity contribution in [1.82, 2.24) is 15.1 Å². The van der Waals surface area contributed by atoms with Gasteiger partial charge in [0, 0.05) is 18.8 Å². The monoisotopic (exact) mass is 265 g/mol. The predicted molar refractivity (Wildman–Crippen MR) is 72.8 cm³/mol. The molecule has 1 aliphatic heterocycles. The van der Waals surface area contributed by atoms with Crippen LogP contribution in [-0.4, -0.2) is 45.3 Å². The first kappa shape index (κ1) is 14.1. The van der Waals surface area contributed by atoms with Crippen LogP contribution in [0.1, 0.15) is 43.4 Å². The molecule has 1 fully saturated rings. The smallest absolute Gasteiger partial charge is 0.274 e. The van der Waals surface area contributed by atoms with Gasteiger partial charge < -0.3 is 10.0 Å². The minimum absolute atomic E-state index is 0.0859. The lowest BCUT2D eigenvalue weighted by molar-refractivity contribution is 0.0245. The molecule has 0 saturated carbocycles. The van der Waals surface area contributed by atoms with Crippen LogP contribution in [0.5, 0.6) is 0 Å². The van der Waals surface area contributed by atoms with Crippen molar-refractivity contribution in [3.8, 4) is 0 Å². The number of carbonyl (C=O) groups is 1. The van der Waals surface area contributed by atoms with E-state index in [1.165, 1.54) is 0 Å². The van der Waals surface area contributed by atoms with E-state index < -0.39 is 6.10 Å². The maximum atomic E-state index is 12.3. The van der Waals surface area contributed by atoms with Gasteiger partial charge in [-0.05, 0) is 30.7 Å². The van der Waals surface area contributed by atoms with Gasteiger partial charge in [-0.2, -0.15) is 5.10 Å². The molecule has 0 radical (unpaired) electrons. The van der Waals surface area contributed by atoms with Crippen LogP contribution in [-0.2, 0) is 6.42 Å². The molecule has 2 atom stereocenters. The van der Waals surface area contributed by atoms with E-state index in [4.69, 9.17) is 0 Å². The zero-order chi connectivity index (χ0) is 14.0. The quantitative estimate of drug-likeness (QED) is 0.869. The SMILES string of the molecule is CC(C)Cc1cc(C(=O)N2CCC(C)C(O)C2)n[nH]1. The zero-order valence-electron chi connectivity index (χ0n) is 11.9. The molecule has 0 aliphatic carbocycles. The van der Waals surface area contributed by atoms with E-state index >= 15 is 0 Å². The number of likely N-dealkylation sites (tertiary alicyclic amines) is 1. The Morgan fingerprint density at radius 2 is 2.37 bits per heavy atom. The van der Waals surface area contributed by atoms with Gasteiger partial charge in [0.05, 0.1) is 6.10 Å². The number of hydrogen-bond acceptors (Lipinski definition) is 3. The van der Waals surface area contributed by atoms with E-state index in [1.807, 2.05) is 13.0 Å². The number of piperidine rings is 1. The standard InChI is InChI=1S/C14H23N3O2/c1-9(2)6-11-7-12(16-15-11)14(19)17-5-4-10(3)13(18)8-17/h7,9-10,13,18H,4-6,8H2,1-3H3,(H,15,16). The minimum atomic E-state index is -0.424. The molecule has 5 nitrogen and oxygen atoms in total. The van der Waals surface area contributed by atoms with Gasteiger partial charge in [-0.3, -0.25) is 9.89 Å². The highest BCUT2D eigenvalue weighted by Crippen LogP contribution is 2.19. The van der Waals surface area contributed by atoms with Crippen molar-refractivity contribution in [3.05, 3.63) is 17.5 Å². The third kappa shape index (κ3) is 3.35. The molecule has 1 saturated heterocycles. The zero-order valence-corrected chi connectivity index (χ0v) is 11.9. The lowest BCUT2D eigenvalue weighted by Crippen LogP contribution is -2.45. The van der Waals surface area contributed by atoms with Gasteiger partial charge in [-0.25, -0.2) is 0 Å². The van der Waals surface area contributed by atoms with Crippen molar-refractivity contribution in [2.45, 2.75) is 39.7 Å². The molecular formula is C14H23N3O2. The van der Waals surface area contributed by atoms with E-state index in [0.717, 1.165) is 18.5 Å². The average Bonchev–Trinajstić information content (AvgIpc) is 2.79. The van der Waals surface area contributed by atoms with E-state index in [-0.39, 0.29) is 11.8 Å². The van der Waals surface area contributed by atoms with Gasteiger partial charge in [0.2, 0.25) is 0 Å². The summed E-state index contributed by atoms with van der Waals surface area (Å²) in [7, 11) is 0. The molecule has 1 aliphatic rings. The minimum Gasteiger partial charge on any atom is -0.391 e. The van der Waals surface area contributed by atoms with Crippen LogP contribution in [0.15, 0.2) is 6.07 Å². The molecule has 19 heavy (non-hydrogen) atoms. The predicted octanol–water partition coefficient (Wildman–Crippen LogP) is 1.45. The van der Waals surface area contributed by atoms with Gasteiger partial charge in [0.1, 0.15) is 5.69 Å². The second-order valence-corrected chi connectivity index (χ2v) is 5.96. The van der Waals surface area contributed by atoms with Crippen molar-refractivity contribution >= 4 is 5.91 Å². The summed E-state index contributed by atoms with van der Waals surface area (Å²) in [6.07, 6.45) is 1.31. The molecule has 2 heterocycles. The molecule has 106 valence electrons. The Morgan fingerprint density at radius 3 is 3.00 bits per heavy atom. The number of amides is 1. The number of nitrogens with one attached hydrogen (secondary N) is 1. The number of rotatable bonds is 3. The average molecular weight is 265 g/mol. The van der Waals surface area contributed by atoms with Gasteiger partial charge in [0.25, 0.3) is 5.91 Å². The second-order valence-electron chi connectivity index (χ2n) is 5.96. The number of carbonyl (C=O) groups excluding carboxylic acids is 1. The Bertz CT molecular complexity index is 442. The van der Waals surface area contributed by atoms with Gasteiger partial charge in [-0.1, -0.05) is 20.8 Å². The van der Waals surface area contributed by atoms with Crippen LogP contribution in [0.2, 0.25) is 0 Å². The molecule has 0 spiro atoms. The fraction of sp³-hybridized carbons (Fsp3) is 0.714. The third-order valence-electron chi connectivity index (χ3n) is 3.68. The summed E-state index contributed by atoms with van der Waals surface area (Å²) in [5.41, 5.74) is 1.45. The van der Waals surface area contributed by atoms with E-state index in [0.29, 0.717) is 24.7 Å². The number of aliphatic hydroxyl groups is 1. The highest BCUT2D eigenvalue weighted by molar-refractivity contribution is 5.92. The maximum Gasteiger partial charge on any atom is 0.274 e. The van der Waals surface area contributed by atoms with E-state index in [2.05, 4.69) is 24.0 Å². The Labute approximate surface area is 114 Å². The van der Waals surface area contributed by atoms with Crippen LogP contribution in [0, 0.1) is 11.8 Å². The fourth-order valence-electron chi connectivity index (χ4n) is 2.41. The molecule has 1 amide bonds. The molecule has 0 bridgehead atoms. The molecule has 0 aromatic carbocycles. The van der Waals surface area contributed by atoms with Gasteiger partial charge in [0.15, 0.2) is 0 Å². The van der Waals surface area contributed by atoms with Crippen molar-refractivity contribution in [3.63, 3.8) is 0 Å². The van der Waals surface area contributed by atoms with Crippen molar-refractivity contribution in [1.29, 1.82) is 0 Å². The summed E-state index contributed by atoms with van der Waals surface area (Å²) >= 11 is 0. The van der Waals surface area contributed by atoms with Crippen LogP contribution in [0.4, 0.5) is 0 Å². The molecule has 2 N–H and O–H groups in total. The summed E-state index contributed by atoms with van der Waals surface area (Å²) in [4.78, 5) is 14.0. The Morgan fingerprint density at radius 1 is 1.63 bits per heavy atom. The number of β-amino-alcohol motifs (C(OH)–C–C–N with tert-alkyl or cyclic N) is 1. The number of aliphatic hydroxyl groups excluding tert-OH is 1. The van der Waals surface area contributed by atoms with Crippen LogP contribution in [0.3, 0.4) is 0 Å². The first-order valence-electron chi connectivity index (χ1n) is 6.99. The Hall–Kier alpha value is -1.36. The van der Waals surface area contributed by atoms with Crippen LogP contribution in [0.25, 0.3) is 0 Å². The number of H-pyrrole nitrogens is 1. The summed E-state index contributed by atoms with van der Waals surface area (Å²) in [6, 6.07) is 1.83. The Balaban J connectivity index is 2.01. The maximum absolute atomic E-state index is 12.3. The first-order valence-corrected chi connectivity index (χ1v) is 6.99. The summed E-state index contributed by atoms with van der Waals surface area (Å²) < 4.78 is 0. The highest BCUT2D eigenvalue weighted by Gasteiger charge is 2.28. The molecule has 2 rings (SSSR count). The summed E-state index contributed by atoms with van der Waals surface area (Å²) in [6.45, 7) is 7.38. The van der Waals surface area contributed by atoms with E-state index in [1.54, 1.807) is 4.90 Å². The normalized spacial score (nSPS) is 23.9. The lowest BCUT2D eigenvalue weighted by Gasteiger charge is -2.33. The van der Waals surface area contributed by atoms with Gasteiger partial charge in [-0.15, -0.1) is 0 Å². The number of nitrogens with zero attached hydrogens (tertiary/aromatic N) is 2. The van der Waals surface area contributed by atoms with Crippen LogP contribution < -0.4 is 0 Å². The van der Waals surface area contributed by atoms with Crippen molar-refractivity contribution < 1.29 is 9.90 Å². The van der Waals surface area contributed by atoms with Crippen molar-refractivity contribution in [2.75, 3.05) is 13.1 Å². The number of aromatic amines is 1. The number of hydrogen-bond donors (Lipinski definition) is 2. The highest BCUT2D eigenvalue weighted by atomic mass is 16.3. The molecule has 5 heteroatoms. The molecule has 2 unspecified atom stereocenters. The fourth-order valence-corrected chi connectivity index (χ4v) is 2.41. The Kier molecular flexibility index (Phi) is 4.24. The lowest BCUT2D eigenvalue weighted by atomic mass is 9.96. The largest absolute Gasteiger partial charge is 0.391 e. The summed E-state index contributed by atoms with van der Waals surface area (Å²) in [5, 5.41) is 16.9. The number of aromatic nitrogens is 2. The molecule has 1 aromatic heterocycles. The molecular weight excluding hydrogens is 242 g/mol. The van der Waals surface area contributed by atoms with E-state index in [9.17, 15) is 9.90 Å². The van der Waals surface area contributed by atoms with Crippen LogP contribution >= 0.6 is 0 Å². The molecule has 1 aromatic rings.